The van der Waals surface area contributed by atoms with E-state index in [4.69, 9.17) is 11.6 Å². The predicted octanol–water partition coefficient (Wildman–Crippen LogP) is 3.08. The molecule has 30 heavy (non-hydrogen) atoms. The monoisotopic (exact) mass is 426 g/mol. The smallest absolute Gasteiger partial charge is 0.229 e. The number of likely N-dealkylation sites (N-methyl/N-ethyl adjacent to an activating group) is 1. The van der Waals surface area contributed by atoms with Gasteiger partial charge in [0.05, 0.1) is 17.3 Å². The molecule has 6 nitrogen and oxygen atoms in total. The van der Waals surface area contributed by atoms with Gasteiger partial charge in [-0.3, -0.25) is 9.59 Å². The molecular weight excluding hydrogens is 400 g/mol. The van der Waals surface area contributed by atoms with Crippen LogP contribution in [-0.2, 0) is 16.1 Å². The molecule has 4 rings (SSSR count). The van der Waals surface area contributed by atoms with E-state index in [0.29, 0.717) is 23.8 Å². The molecule has 0 spiro atoms. The van der Waals surface area contributed by atoms with Crippen molar-refractivity contribution < 1.29 is 9.59 Å². The molecule has 2 heterocycles. The summed E-state index contributed by atoms with van der Waals surface area (Å²) >= 11 is 6.22. The average molecular weight is 427 g/mol. The van der Waals surface area contributed by atoms with Crippen LogP contribution in [0.5, 0.6) is 0 Å². The normalized spacial score (nSPS) is 19.9. The van der Waals surface area contributed by atoms with Crippen LogP contribution in [-0.4, -0.2) is 61.4 Å². The molecule has 0 aromatic heterocycles. The molecule has 0 aliphatic carbocycles. The summed E-state index contributed by atoms with van der Waals surface area (Å²) in [5, 5.41) is 3.63. The van der Waals surface area contributed by atoms with E-state index in [2.05, 4.69) is 22.2 Å². The molecule has 2 fully saturated rings. The van der Waals surface area contributed by atoms with Crippen LogP contribution < -0.4 is 10.2 Å². The van der Waals surface area contributed by atoms with Gasteiger partial charge < -0.3 is 20.0 Å². The van der Waals surface area contributed by atoms with Gasteiger partial charge in [0.15, 0.2) is 0 Å². The molecule has 2 aliphatic heterocycles. The topological polar surface area (TPSA) is 55.9 Å². The number of carbonyl (C=O) groups excluding carboxylic acids is 2. The molecule has 0 radical (unpaired) electrons. The molecule has 0 bridgehead atoms. The molecule has 1 N–H and O–H groups in total. The number of amides is 2. The van der Waals surface area contributed by atoms with Gasteiger partial charge in [0.25, 0.3) is 0 Å². The number of carbonyl (C=O) groups is 2. The van der Waals surface area contributed by atoms with Gasteiger partial charge >= 0.3 is 0 Å². The van der Waals surface area contributed by atoms with Crippen molar-refractivity contribution in [2.45, 2.75) is 13.0 Å². The maximum atomic E-state index is 13.0. The Morgan fingerprint density at radius 2 is 1.83 bits per heavy atom. The number of nitrogens with one attached hydrogen (secondary N) is 1. The number of anilines is 2. The number of halogens is 1. The number of piperazine rings is 1. The SMILES string of the molecule is CN1CCN(c2ccc(Cl)cc2NC(=O)C2CC(=O)N(Cc3ccccc3)C2)CC1. The summed E-state index contributed by atoms with van der Waals surface area (Å²) in [6.07, 6.45) is 0.239. The van der Waals surface area contributed by atoms with Gasteiger partial charge in [-0.2, -0.15) is 0 Å². The minimum absolute atomic E-state index is 0.0180. The van der Waals surface area contributed by atoms with E-state index in [-0.39, 0.29) is 24.2 Å². The van der Waals surface area contributed by atoms with Crippen LogP contribution >= 0.6 is 11.6 Å². The van der Waals surface area contributed by atoms with E-state index in [1.54, 1.807) is 11.0 Å². The van der Waals surface area contributed by atoms with Gasteiger partial charge in [0.1, 0.15) is 0 Å². The molecule has 2 saturated heterocycles. The molecule has 1 atom stereocenters. The lowest BCUT2D eigenvalue weighted by Gasteiger charge is -2.35. The van der Waals surface area contributed by atoms with Crippen LogP contribution in [0.3, 0.4) is 0 Å². The Hall–Kier alpha value is -2.57. The summed E-state index contributed by atoms with van der Waals surface area (Å²) in [6, 6.07) is 15.5. The third-order valence-electron chi connectivity index (χ3n) is 5.86. The number of likely N-dealkylation sites (tertiary alicyclic amines) is 1. The quantitative estimate of drug-likeness (QED) is 0.798. The lowest BCUT2D eigenvalue weighted by molar-refractivity contribution is -0.128. The molecule has 158 valence electrons. The van der Waals surface area contributed by atoms with Crippen LogP contribution in [0.25, 0.3) is 0 Å². The van der Waals surface area contributed by atoms with Crippen molar-refractivity contribution >= 4 is 34.8 Å². The Morgan fingerprint density at radius 3 is 2.57 bits per heavy atom. The van der Waals surface area contributed by atoms with Gasteiger partial charge in [-0.05, 0) is 30.8 Å². The lowest BCUT2D eigenvalue weighted by Crippen LogP contribution is -2.44. The van der Waals surface area contributed by atoms with Gasteiger partial charge in [-0.15, -0.1) is 0 Å². The largest absolute Gasteiger partial charge is 0.367 e. The van der Waals surface area contributed by atoms with Crippen molar-refractivity contribution in [2.75, 3.05) is 50.0 Å². The van der Waals surface area contributed by atoms with Crippen LogP contribution in [0.2, 0.25) is 5.02 Å². The maximum Gasteiger partial charge on any atom is 0.229 e. The summed E-state index contributed by atoms with van der Waals surface area (Å²) in [4.78, 5) is 31.8. The first-order valence-electron chi connectivity index (χ1n) is 10.4. The molecule has 2 aliphatic rings. The van der Waals surface area contributed by atoms with Gasteiger partial charge in [0.2, 0.25) is 11.8 Å². The van der Waals surface area contributed by atoms with E-state index in [1.165, 1.54) is 0 Å². The molecule has 2 aromatic rings. The Labute approximate surface area is 182 Å². The van der Waals surface area contributed by atoms with Crippen LogP contribution in [0.15, 0.2) is 48.5 Å². The Bertz CT molecular complexity index is 913. The van der Waals surface area contributed by atoms with Crippen LogP contribution in [0.1, 0.15) is 12.0 Å². The van der Waals surface area contributed by atoms with Crippen LogP contribution in [0, 0.1) is 5.92 Å². The van der Waals surface area contributed by atoms with E-state index in [0.717, 1.165) is 37.4 Å². The third-order valence-corrected chi connectivity index (χ3v) is 6.10. The fourth-order valence-corrected chi connectivity index (χ4v) is 4.24. The molecule has 0 saturated carbocycles. The summed E-state index contributed by atoms with van der Waals surface area (Å²) in [5.74, 6) is -0.471. The first-order valence-corrected chi connectivity index (χ1v) is 10.7. The first kappa shape index (κ1) is 20.7. The Kier molecular flexibility index (Phi) is 6.25. The van der Waals surface area contributed by atoms with Gasteiger partial charge in [-0.1, -0.05) is 41.9 Å². The average Bonchev–Trinajstić information content (AvgIpc) is 3.10. The number of hydrogen-bond donors (Lipinski definition) is 1. The number of benzene rings is 2. The van der Waals surface area contributed by atoms with Crippen molar-refractivity contribution in [2.24, 2.45) is 5.92 Å². The zero-order valence-corrected chi connectivity index (χ0v) is 17.9. The molecule has 2 amide bonds. The van der Waals surface area contributed by atoms with E-state index < -0.39 is 0 Å². The van der Waals surface area contributed by atoms with Crippen molar-refractivity contribution in [3.63, 3.8) is 0 Å². The highest BCUT2D eigenvalue weighted by Gasteiger charge is 2.34. The highest BCUT2D eigenvalue weighted by atomic mass is 35.5. The fraction of sp³-hybridized carbons (Fsp3) is 0.391. The molecule has 1 unspecified atom stereocenters. The van der Waals surface area contributed by atoms with Crippen LogP contribution in [0.4, 0.5) is 11.4 Å². The zero-order valence-electron chi connectivity index (χ0n) is 17.2. The Balaban J connectivity index is 1.44. The minimum atomic E-state index is -0.361. The second-order valence-electron chi connectivity index (χ2n) is 8.10. The number of hydrogen-bond acceptors (Lipinski definition) is 4. The zero-order chi connectivity index (χ0) is 21.1. The third kappa shape index (κ3) is 4.77. The second-order valence-corrected chi connectivity index (χ2v) is 8.54. The highest BCUT2D eigenvalue weighted by molar-refractivity contribution is 6.31. The van der Waals surface area contributed by atoms with E-state index in [9.17, 15) is 9.59 Å². The fourth-order valence-electron chi connectivity index (χ4n) is 4.07. The number of nitrogens with zero attached hydrogens (tertiary/aromatic N) is 3. The van der Waals surface area contributed by atoms with Crippen molar-refractivity contribution in [3.05, 3.63) is 59.1 Å². The molecule has 2 aromatic carbocycles. The second kappa shape index (κ2) is 9.06. The lowest BCUT2D eigenvalue weighted by atomic mass is 10.1. The van der Waals surface area contributed by atoms with Gasteiger partial charge in [-0.25, -0.2) is 0 Å². The highest BCUT2D eigenvalue weighted by Crippen LogP contribution is 2.31. The predicted molar refractivity (Wildman–Crippen MR) is 120 cm³/mol. The van der Waals surface area contributed by atoms with Crippen molar-refractivity contribution in [1.29, 1.82) is 0 Å². The summed E-state index contributed by atoms with van der Waals surface area (Å²) in [6.45, 7) is 4.71. The number of rotatable bonds is 5. The molecular formula is C23H27ClN4O2. The summed E-state index contributed by atoms with van der Waals surface area (Å²) < 4.78 is 0. The summed E-state index contributed by atoms with van der Waals surface area (Å²) in [5.41, 5.74) is 2.76. The summed E-state index contributed by atoms with van der Waals surface area (Å²) in [7, 11) is 2.11. The van der Waals surface area contributed by atoms with Crippen molar-refractivity contribution in [3.8, 4) is 0 Å². The van der Waals surface area contributed by atoms with E-state index >= 15 is 0 Å². The first-order chi connectivity index (χ1) is 14.5. The van der Waals surface area contributed by atoms with E-state index in [1.807, 2.05) is 42.5 Å². The van der Waals surface area contributed by atoms with Gasteiger partial charge in [0, 0.05) is 50.7 Å². The molecule has 7 heteroatoms. The minimum Gasteiger partial charge on any atom is -0.367 e. The standard InChI is InChI=1S/C23H27ClN4O2/c1-26-9-11-27(12-10-26)21-8-7-19(24)14-20(21)25-23(30)18-13-22(29)28(16-18)15-17-5-3-2-4-6-17/h2-8,14,18H,9-13,15-16H2,1H3,(H,25,30). The van der Waals surface area contributed by atoms with Crippen molar-refractivity contribution in [1.82, 2.24) is 9.80 Å². The maximum absolute atomic E-state index is 13.0. The Morgan fingerprint density at radius 1 is 1.10 bits per heavy atom.